The molecule has 2 atom stereocenters. The van der Waals surface area contributed by atoms with Crippen LogP contribution in [-0.4, -0.2) is 84.8 Å². The maximum absolute atomic E-state index is 13.0. The van der Waals surface area contributed by atoms with Crippen LogP contribution in [0.25, 0.3) is 0 Å². The van der Waals surface area contributed by atoms with Crippen molar-refractivity contribution in [3.63, 3.8) is 0 Å². The number of amides is 4. The summed E-state index contributed by atoms with van der Waals surface area (Å²) in [6.45, 7) is 5.81. The number of hydrogen-bond acceptors (Lipinski definition) is 7. The van der Waals surface area contributed by atoms with Crippen molar-refractivity contribution in [2.45, 2.75) is 31.3 Å². The molecule has 174 valence electrons. The number of rotatable bonds is 3. The molecule has 5 rings (SSSR count). The predicted molar refractivity (Wildman–Crippen MR) is 123 cm³/mol. The number of carbonyl (C=O) groups excluding carboxylic acids is 4. The Morgan fingerprint density at radius 3 is 2.25 bits per heavy atom. The maximum Gasteiger partial charge on any atom is 0.262 e. The minimum atomic E-state index is -0.929. The Labute approximate surface area is 198 Å². The zero-order chi connectivity index (χ0) is 20.8. The largest absolute Gasteiger partial charge is 0.369 e. The van der Waals surface area contributed by atoms with Crippen LogP contribution in [0.3, 0.4) is 0 Å². The minimum absolute atomic E-state index is 0. The van der Waals surface area contributed by atoms with E-state index in [1.165, 1.54) is 6.42 Å². The molecule has 9 nitrogen and oxygen atoms in total. The first-order chi connectivity index (χ1) is 14.5. The molecule has 4 aliphatic heterocycles. The summed E-state index contributed by atoms with van der Waals surface area (Å²) in [4.78, 5) is 55.2. The lowest BCUT2D eigenvalue weighted by atomic mass is 10.0. The summed E-state index contributed by atoms with van der Waals surface area (Å²) in [5, 5.41) is 5.63. The Morgan fingerprint density at radius 1 is 0.875 bits per heavy atom. The Morgan fingerprint density at radius 2 is 1.59 bits per heavy atom. The van der Waals surface area contributed by atoms with E-state index in [1.54, 1.807) is 12.1 Å². The molecule has 0 saturated carbocycles. The maximum atomic E-state index is 13.0. The quantitative estimate of drug-likeness (QED) is 0.600. The molecular weight excluding hydrogens is 457 g/mol. The lowest BCUT2D eigenvalue weighted by Gasteiger charge is -2.39. The van der Waals surface area contributed by atoms with Crippen molar-refractivity contribution in [2.24, 2.45) is 0 Å². The number of carbonyl (C=O) groups is 4. The van der Waals surface area contributed by atoms with Gasteiger partial charge in [-0.3, -0.25) is 34.3 Å². The number of nitrogens with one attached hydrogen (secondary N) is 2. The van der Waals surface area contributed by atoms with Gasteiger partial charge in [-0.1, -0.05) is 0 Å². The van der Waals surface area contributed by atoms with Crippen molar-refractivity contribution in [2.75, 3.05) is 44.2 Å². The van der Waals surface area contributed by atoms with E-state index in [1.807, 2.05) is 6.07 Å². The SMILES string of the molecule is Cl.Cl.O=C1CCC(N2C(=O)c3ccc(N4CCN(C5CCNC5)CC4)cc3C2=O)C(=O)N1. The fourth-order valence-electron chi connectivity index (χ4n) is 4.95. The summed E-state index contributed by atoms with van der Waals surface area (Å²) in [6, 6.07) is 5.01. The van der Waals surface area contributed by atoms with Crippen LogP contribution in [0.1, 0.15) is 40.0 Å². The molecule has 1 aromatic carbocycles. The highest BCUT2D eigenvalue weighted by atomic mass is 35.5. The van der Waals surface area contributed by atoms with Gasteiger partial charge in [-0.05, 0) is 37.6 Å². The highest BCUT2D eigenvalue weighted by Crippen LogP contribution is 2.31. The number of imide groups is 2. The van der Waals surface area contributed by atoms with Crippen molar-refractivity contribution in [1.29, 1.82) is 0 Å². The zero-order valence-electron chi connectivity index (χ0n) is 17.5. The van der Waals surface area contributed by atoms with E-state index >= 15 is 0 Å². The van der Waals surface area contributed by atoms with Crippen molar-refractivity contribution in [1.82, 2.24) is 20.4 Å². The second-order valence-electron chi connectivity index (χ2n) is 8.35. The van der Waals surface area contributed by atoms with Crippen LogP contribution in [0.2, 0.25) is 0 Å². The lowest BCUT2D eigenvalue weighted by molar-refractivity contribution is -0.136. The molecular formula is C21H27Cl2N5O4. The summed E-state index contributed by atoms with van der Waals surface area (Å²) in [6.07, 6.45) is 1.47. The molecule has 4 heterocycles. The van der Waals surface area contributed by atoms with Gasteiger partial charge in [-0.2, -0.15) is 0 Å². The third kappa shape index (κ3) is 4.22. The average Bonchev–Trinajstić information content (AvgIpc) is 3.37. The number of nitrogens with zero attached hydrogens (tertiary/aromatic N) is 3. The summed E-state index contributed by atoms with van der Waals surface area (Å²) >= 11 is 0. The van der Waals surface area contributed by atoms with Gasteiger partial charge in [0, 0.05) is 50.9 Å². The molecule has 32 heavy (non-hydrogen) atoms. The van der Waals surface area contributed by atoms with Crippen LogP contribution in [0.4, 0.5) is 5.69 Å². The van der Waals surface area contributed by atoms with Gasteiger partial charge >= 0.3 is 0 Å². The van der Waals surface area contributed by atoms with Gasteiger partial charge in [0.1, 0.15) is 6.04 Å². The third-order valence-electron chi connectivity index (χ3n) is 6.65. The first kappa shape index (κ1) is 24.4. The number of halogens is 2. The number of benzene rings is 1. The van der Waals surface area contributed by atoms with Gasteiger partial charge in [0.05, 0.1) is 11.1 Å². The molecule has 3 fully saturated rings. The predicted octanol–water partition coefficient (Wildman–Crippen LogP) is 0.415. The second kappa shape index (κ2) is 9.74. The van der Waals surface area contributed by atoms with E-state index in [4.69, 9.17) is 0 Å². The van der Waals surface area contributed by atoms with Gasteiger partial charge in [0.2, 0.25) is 11.8 Å². The smallest absolute Gasteiger partial charge is 0.262 e. The van der Waals surface area contributed by atoms with Gasteiger partial charge in [-0.25, -0.2) is 0 Å². The molecule has 0 aromatic heterocycles. The summed E-state index contributed by atoms with van der Waals surface area (Å²) in [7, 11) is 0. The second-order valence-corrected chi connectivity index (χ2v) is 8.35. The average molecular weight is 484 g/mol. The van der Waals surface area contributed by atoms with Crippen LogP contribution in [0.5, 0.6) is 0 Å². The lowest BCUT2D eigenvalue weighted by Crippen LogP contribution is -2.54. The molecule has 2 N–H and O–H groups in total. The minimum Gasteiger partial charge on any atom is -0.369 e. The molecule has 4 amide bonds. The number of fused-ring (bicyclic) bond motifs is 1. The first-order valence-corrected chi connectivity index (χ1v) is 10.6. The summed E-state index contributed by atoms with van der Waals surface area (Å²) in [5.74, 6) is -1.88. The van der Waals surface area contributed by atoms with Gasteiger partial charge in [0.25, 0.3) is 11.8 Å². The number of anilines is 1. The highest BCUT2D eigenvalue weighted by molar-refractivity contribution is 6.23. The standard InChI is InChI=1S/C21H25N5O4.2ClH/c27-18-4-3-17(19(28)23-18)26-20(29)15-2-1-13(11-16(15)21(26)30)24-7-9-25(10-8-24)14-5-6-22-12-14;;/h1-2,11,14,17,22H,3-10,12H2,(H,23,27,28);2*1H. The van der Waals surface area contributed by atoms with Crippen LogP contribution >= 0.6 is 24.8 Å². The number of piperazine rings is 1. The van der Waals surface area contributed by atoms with E-state index in [0.717, 1.165) is 49.9 Å². The van der Waals surface area contributed by atoms with E-state index in [2.05, 4.69) is 20.4 Å². The van der Waals surface area contributed by atoms with E-state index in [-0.39, 0.29) is 43.6 Å². The van der Waals surface area contributed by atoms with Crippen molar-refractivity contribution < 1.29 is 19.2 Å². The van der Waals surface area contributed by atoms with Crippen molar-refractivity contribution in [3.05, 3.63) is 29.3 Å². The van der Waals surface area contributed by atoms with Crippen molar-refractivity contribution in [3.8, 4) is 0 Å². The Kier molecular flexibility index (Phi) is 7.44. The first-order valence-electron chi connectivity index (χ1n) is 10.6. The topological polar surface area (TPSA) is 102 Å². The van der Waals surface area contributed by atoms with E-state index < -0.39 is 23.8 Å². The Bertz CT molecular complexity index is 929. The molecule has 11 heteroatoms. The zero-order valence-corrected chi connectivity index (χ0v) is 19.2. The summed E-state index contributed by atoms with van der Waals surface area (Å²) < 4.78 is 0. The fraction of sp³-hybridized carbons (Fsp3) is 0.524. The Balaban J connectivity index is 0.00000144. The molecule has 0 radical (unpaired) electrons. The normalized spacial score (nSPS) is 25.9. The van der Waals surface area contributed by atoms with Crippen LogP contribution < -0.4 is 15.5 Å². The number of piperidine rings is 1. The van der Waals surface area contributed by atoms with Crippen LogP contribution in [-0.2, 0) is 9.59 Å². The van der Waals surface area contributed by atoms with Gasteiger partial charge in [-0.15, -0.1) is 24.8 Å². The molecule has 3 saturated heterocycles. The molecule has 1 aromatic rings. The molecule has 4 aliphatic rings. The van der Waals surface area contributed by atoms with E-state index in [0.29, 0.717) is 17.2 Å². The van der Waals surface area contributed by atoms with Gasteiger partial charge in [0.15, 0.2) is 0 Å². The van der Waals surface area contributed by atoms with Crippen LogP contribution in [0, 0.1) is 0 Å². The molecule has 2 unspecified atom stereocenters. The monoisotopic (exact) mass is 483 g/mol. The molecule has 0 bridgehead atoms. The fourth-order valence-corrected chi connectivity index (χ4v) is 4.95. The van der Waals surface area contributed by atoms with Crippen LogP contribution in [0.15, 0.2) is 18.2 Å². The summed E-state index contributed by atoms with van der Waals surface area (Å²) in [5.41, 5.74) is 1.58. The number of hydrogen-bond donors (Lipinski definition) is 2. The molecule has 0 spiro atoms. The molecule has 0 aliphatic carbocycles. The van der Waals surface area contributed by atoms with E-state index in [9.17, 15) is 19.2 Å². The van der Waals surface area contributed by atoms with Crippen molar-refractivity contribution >= 4 is 54.1 Å². The third-order valence-corrected chi connectivity index (χ3v) is 6.65. The highest BCUT2D eigenvalue weighted by Gasteiger charge is 2.44. The van der Waals surface area contributed by atoms with Gasteiger partial charge < -0.3 is 10.2 Å². The Hall–Kier alpha value is -2.20.